The molecule has 7 nitrogen and oxygen atoms in total. The average molecular weight is 416 g/mol. The van der Waals surface area contributed by atoms with E-state index in [1.54, 1.807) is 0 Å². The van der Waals surface area contributed by atoms with Gasteiger partial charge in [0.25, 0.3) is 0 Å². The number of carbonyl (C=O) groups is 1. The molecule has 0 radical (unpaired) electrons. The first kappa shape index (κ1) is 22.6. The van der Waals surface area contributed by atoms with Gasteiger partial charge in [-0.2, -0.15) is 0 Å². The Morgan fingerprint density at radius 2 is 2.13 bits per heavy atom. The molecule has 2 atom stereocenters. The Morgan fingerprint density at radius 3 is 2.87 bits per heavy atom. The van der Waals surface area contributed by atoms with Crippen LogP contribution in [0, 0.1) is 19.8 Å². The van der Waals surface area contributed by atoms with Crippen LogP contribution in [-0.2, 0) is 9.53 Å². The summed E-state index contributed by atoms with van der Waals surface area (Å²) in [5.74, 6) is 0.778. The van der Waals surface area contributed by atoms with Crippen molar-refractivity contribution in [1.29, 1.82) is 0 Å². The molecule has 2 aliphatic heterocycles. The number of aliphatic imine (C=N–C) groups is 1. The quantitative estimate of drug-likeness (QED) is 0.421. The second-order valence-corrected chi connectivity index (χ2v) is 8.54. The second kappa shape index (κ2) is 10.8. The molecule has 2 unspecified atom stereocenters. The number of hydrogen-bond donors (Lipinski definition) is 2. The number of piperidine rings is 1. The van der Waals surface area contributed by atoms with Crippen LogP contribution in [0.2, 0.25) is 0 Å². The monoisotopic (exact) mass is 415 g/mol. The van der Waals surface area contributed by atoms with Gasteiger partial charge in [-0.1, -0.05) is 23.8 Å². The standard InChI is InChI=1S/C23H37N5O2/c1-17-7-8-20(18(2)14-17)21-16-28(12-13-30-21)23(25-3)26-9-5-11-27-10-4-6-19(15-27)22(24)29/h7-8,14,19,21H,4-6,9-13,15-16H2,1-3H3,(H2,24,29)(H,25,26). The lowest BCUT2D eigenvalue weighted by Crippen LogP contribution is -2.48. The number of nitrogens with one attached hydrogen (secondary N) is 1. The summed E-state index contributed by atoms with van der Waals surface area (Å²) < 4.78 is 6.08. The molecule has 0 bridgehead atoms. The number of amides is 1. The number of nitrogens with two attached hydrogens (primary N) is 1. The zero-order valence-corrected chi connectivity index (χ0v) is 18.7. The number of likely N-dealkylation sites (tertiary alicyclic amines) is 1. The van der Waals surface area contributed by atoms with Crippen molar-refractivity contribution in [3.63, 3.8) is 0 Å². The minimum atomic E-state index is -0.163. The minimum absolute atomic E-state index is 0.00925. The molecule has 30 heavy (non-hydrogen) atoms. The SMILES string of the molecule is CN=C(NCCCN1CCCC(C(N)=O)C1)N1CCOC(c2ccc(C)cc2C)C1. The Bertz CT molecular complexity index is 751. The van der Waals surface area contributed by atoms with Gasteiger partial charge in [-0.3, -0.25) is 9.79 Å². The number of guanidine groups is 1. The number of benzene rings is 1. The van der Waals surface area contributed by atoms with Crippen LogP contribution in [0.1, 0.15) is 42.1 Å². The van der Waals surface area contributed by atoms with Gasteiger partial charge in [0, 0.05) is 26.7 Å². The maximum absolute atomic E-state index is 11.5. The molecule has 0 spiro atoms. The zero-order valence-electron chi connectivity index (χ0n) is 18.7. The summed E-state index contributed by atoms with van der Waals surface area (Å²) in [5.41, 5.74) is 9.30. The van der Waals surface area contributed by atoms with E-state index in [2.05, 4.69) is 52.2 Å². The Morgan fingerprint density at radius 1 is 1.30 bits per heavy atom. The predicted octanol–water partition coefficient (Wildman–Crippen LogP) is 1.84. The number of aryl methyl sites for hydroxylation is 2. The lowest BCUT2D eigenvalue weighted by molar-refractivity contribution is -0.123. The smallest absolute Gasteiger partial charge is 0.221 e. The van der Waals surface area contributed by atoms with E-state index in [1.807, 2.05) is 7.05 Å². The predicted molar refractivity (Wildman–Crippen MR) is 121 cm³/mol. The van der Waals surface area contributed by atoms with Crippen LogP contribution in [-0.4, -0.2) is 74.6 Å². The van der Waals surface area contributed by atoms with Gasteiger partial charge in [-0.15, -0.1) is 0 Å². The van der Waals surface area contributed by atoms with Crippen LogP contribution in [0.4, 0.5) is 0 Å². The Labute approximate surface area is 180 Å². The molecule has 1 aromatic carbocycles. The van der Waals surface area contributed by atoms with Gasteiger partial charge in [0.15, 0.2) is 5.96 Å². The summed E-state index contributed by atoms with van der Waals surface area (Å²) in [7, 11) is 1.84. The molecule has 2 fully saturated rings. The van der Waals surface area contributed by atoms with Crippen LogP contribution < -0.4 is 11.1 Å². The van der Waals surface area contributed by atoms with Gasteiger partial charge < -0.3 is 25.6 Å². The van der Waals surface area contributed by atoms with E-state index in [0.29, 0.717) is 6.61 Å². The maximum atomic E-state index is 11.5. The van der Waals surface area contributed by atoms with Gasteiger partial charge in [0.05, 0.1) is 19.1 Å². The van der Waals surface area contributed by atoms with Crippen LogP contribution >= 0.6 is 0 Å². The summed E-state index contributed by atoms with van der Waals surface area (Å²) in [4.78, 5) is 20.6. The summed E-state index contributed by atoms with van der Waals surface area (Å²) in [6.45, 7) is 10.3. The number of nitrogens with zero attached hydrogens (tertiary/aromatic N) is 3. The molecule has 3 N–H and O–H groups in total. The van der Waals surface area contributed by atoms with Gasteiger partial charge in [0.2, 0.25) is 5.91 Å². The molecule has 0 aromatic heterocycles. The topological polar surface area (TPSA) is 83.2 Å². The fraction of sp³-hybridized carbons (Fsp3) is 0.652. The number of morpholine rings is 1. The molecule has 0 saturated carbocycles. The van der Waals surface area contributed by atoms with E-state index < -0.39 is 0 Å². The van der Waals surface area contributed by atoms with Gasteiger partial charge in [-0.05, 0) is 57.3 Å². The van der Waals surface area contributed by atoms with E-state index >= 15 is 0 Å². The van der Waals surface area contributed by atoms with Gasteiger partial charge >= 0.3 is 0 Å². The number of rotatable bonds is 6. The van der Waals surface area contributed by atoms with E-state index in [1.165, 1.54) is 16.7 Å². The largest absolute Gasteiger partial charge is 0.370 e. The summed E-state index contributed by atoms with van der Waals surface area (Å²) >= 11 is 0. The molecule has 7 heteroatoms. The highest BCUT2D eigenvalue weighted by atomic mass is 16.5. The number of carbonyl (C=O) groups excluding carboxylic acids is 1. The Hall–Kier alpha value is -2.12. The van der Waals surface area contributed by atoms with Gasteiger partial charge in [0.1, 0.15) is 6.10 Å². The third kappa shape index (κ3) is 5.95. The summed E-state index contributed by atoms with van der Waals surface area (Å²) in [6.07, 6.45) is 3.05. The van der Waals surface area contributed by atoms with Crippen LogP contribution in [0.5, 0.6) is 0 Å². The maximum Gasteiger partial charge on any atom is 0.221 e. The first-order valence-corrected chi connectivity index (χ1v) is 11.1. The molecular weight excluding hydrogens is 378 g/mol. The molecule has 1 aromatic rings. The molecular formula is C23H37N5O2. The average Bonchev–Trinajstić information content (AvgIpc) is 2.74. The normalized spacial score (nSPS) is 23.4. The fourth-order valence-corrected chi connectivity index (χ4v) is 4.54. The van der Waals surface area contributed by atoms with Crippen molar-refractivity contribution >= 4 is 11.9 Å². The first-order chi connectivity index (χ1) is 14.5. The van der Waals surface area contributed by atoms with E-state index in [-0.39, 0.29) is 17.9 Å². The van der Waals surface area contributed by atoms with E-state index in [4.69, 9.17) is 10.5 Å². The van der Waals surface area contributed by atoms with Crippen molar-refractivity contribution in [2.75, 3.05) is 52.9 Å². The molecule has 1 amide bonds. The van der Waals surface area contributed by atoms with Crippen molar-refractivity contribution in [2.24, 2.45) is 16.6 Å². The van der Waals surface area contributed by atoms with Gasteiger partial charge in [-0.25, -0.2) is 0 Å². The highest BCUT2D eigenvalue weighted by Gasteiger charge is 2.26. The fourth-order valence-electron chi connectivity index (χ4n) is 4.54. The summed E-state index contributed by atoms with van der Waals surface area (Å²) in [6, 6.07) is 6.56. The Balaban J connectivity index is 1.47. The van der Waals surface area contributed by atoms with Crippen LogP contribution in [0.3, 0.4) is 0 Å². The third-order valence-corrected chi connectivity index (χ3v) is 6.19. The molecule has 3 rings (SSSR count). The lowest BCUT2D eigenvalue weighted by Gasteiger charge is -2.36. The molecule has 166 valence electrons. The Kier molecular flexibility index (Phi) is 8.10. The van der Waals surface area contributed by atoms with Crippen molar-refractivity contribution in [3.8, 4) is 0 Å². The molecule has 2 saturated heterocycles. The highest BCUT2D eigenvalue weighted by molar-refractivity contribution is 5.80. The van der Waals surface area contributed by atoms with Crippen LogP contribution in [0.25, 0.3) is 0 Å². The summed E-state index contributed by atoms with van der Waals surface area (Å²) in [5, 5.41) is 3.51. The molecule has 2 heterocycles. The van der Waals surface area contributed by atoms with E-state index in [9.17, 15) is 4.79 Å². The minimum Gasteiger partial charge on any atom is -0.370 e. The second-order valence-electron chi connectivity index (χ2n) is 8.54. The zero-order chi connectivity index (χ0) is 21.5. The van der Waals surface area contributed by atoms with Crippen molar-refractivity contribution in [2.45, 2.75) is 39.2 Å². The number of hydrogen-bond acceptors (Lipinski definition) is 4. The molecule has 2 aliphatic rings. The van der Waals surface area contributed by atoms with E-state index in [0.717, 1.165) is 64.5 Å². The number of primary amides is 1. The number of ether oxygens (including phenoxy) is 1. The van der Waals surface area contributed by atoms with Crippen molar-refractivity contribution in [3.05, 3.63) is 34.9 Å². The van der Waals surface area contributed by atoms with Crippen molar-refractivity contribution in [1.82, 2.24) is 15.1 Å². The highest BCUT2D eigenvalue weighted by Crippen LogP contribution is 2.26. The molecule has 0 aliphatic carbocycles. The first-order valence-electron chi connectivity index (χ1n) is 11.1. The van der Waals surface area contributed by atoms with Crippen LogP contribution in [0.15, 0.2) is 23.2 Å². The lowest BCUT2D eigenvalue weighted by atomic mass is 9.97. The van der Waals surface area contributed by atoms with Crippen molar-refractivity contribution < 1.29 is 9.53 Å². The third-order valence-electron chi connectivity index (χ3n) is 6.19.